The number of aromatic nitrogens is 2. The zero-order valence-corrected chi connectivity index (χ0v) is 8.50. The first kappa shape index (κ1) is 9.91. The lowest BCUT2D eigenvalue weighted by Gasteiger charge is -2.30. The quantitative estimate of drug-likeness (QED) is 0.784. The van der Waals surface area contributed by atoms with Gasteiger partial charge in [-0.1, -0.05) is 11.3 Å². The molecule has 1 aromatic heterocycles. The number of anilines is 1. The summed E-state index contributed by atoms with van der Waals surface area (Å²) in [7, 11) is 1.69. The van der Waals surface area contributed by atoms with Gasteiger partial charge < -0.3 is 10.0 Å². The molecule has 0 aliphatic carbocycles. The summed E-state index contributed by atoms with van der Waals surface area (Å²) in [5.41, 5.74) is 0.614. The van der Waals surface area contributed by atoms with Crippen LogP contribution in [0.5, 0.6) is 0 Å². The Bertz CT molecular complexity index is 297. The van der Waals surface area contributed by atoms with Gasteiger partial charge in [0.2, 0.25) is 5.13 Å². The number of aliphatic carboxylic acids is 1. The summed E-state index contributed by atoms with van der Waals surface area (Å²) in [6.07, 6.45) is 0. The van der Waals surface area contributed by atoms with Gasteiger partial charge >= 0.3 is 5.97 Å². The lowest BCUT2D eigenvalue weighted by Crippen LogP contribution is -2.48. The first-order chi connectivity index (χ1) is 5.96. The van der Waals surface area contributed by atoms with Crippen LogP contribution in [0.2, 0.25) is 0 Å². The topological polar surface area (TPSA) is 66.3 Å². The van der Waals surface area contributed by atoms with Gasteiger partial charge in [0.15, 0.2) is 0 Å². The predicted octanol–water partition coefficient (Wildman–Crippen LogP) is 0.837. The molecule has 0 aliphatic rings. The fraction of sp³-hybridized carbons (Fsp3) is 0.571. The highest BCUT2D eigenvalue weighted by molar-refractivity contribution is 7.13. The van der Waals surface area contributed by atoms with Crippen LogP contribution >= 0.6 is 11.3 Å². The molecule has 0 aliphatic heterocycles. The standard InChI is InChI=1S/C7H11N3O2S/c1-7(2,5(11)12)10(3)6-9-8-4-13-6/h4H,1-3H3,(H,11,12). The van der Waals surface area contributed by atoms with Crippen molar-refractivity contribution in [3.8, 4) is 0 Å². The first-order valence-electron chi connectivity index (χ1n) is 3.69. The molecule has 0 saturated carbocycles. The van der Waals surface area contributed by atoms with E-state index in [-0.39, 0.29) is 0 Å². The number of nitrogens with zero attached hydrogens (tertiary/aromatic N) is 3. The Labute approximate surface area is 80.0 Å². The molecule has 6 heteroatoms. The van der Waals surface area contributed by atoms with E-state index >= 15 is 0 Å². The van der Waals surface area contributed by atoms with Gasteiger partial charge in [0.25, 0.3) is 0 Å². The number of hydrogen-bond acceptors (Lipinski definition) is 5. The highest BCUT2D eigenvalue weighted by Crippen LogP contribution is 2.23. The maximum Gasteiger partial charge on any atom is 0.329 e. The van der Waals surface area contributed by atoms with Crippen LogP contribution in [-0.2, 0) is 4.79 Å². The molecule has 1 N–H and O–H groups in total. The minimum absolute atomic E-state index is 0.604. The van der Waals surface area contributed by atoms with Crippen molar-refractivity contribution < 1.29 is 9.90 Å². The van der Waals surface area contributed by atoms with Gasteiger partial charge in [0.1, 0.15) is 11.0 Å². The summed E-state index contributed by atoms with van der Waals surface area (Å²) in [5, 5.41) is 17.0. The van der Waals surface area contributed by atoms with Crippen LogP contribution in [0.4, 0.5) is 5.13 Å². The Morgan fingerprint density at radius 3 is 2.69 bits per heavy atom. The summed E-state index contributed by atoms with van der Waals surface area (Å²) in [5.74, 6) is -0.884. The molecule has 1 aromatic rings. The SMILES string of the molecule is CN(c1nncs1)C(C)(C)C(=O)O. The zero-order chi connectivity index (χ0) is 10.1. The number of rotatable bonds is 3. The predicted molar refractivity (Wildman–Crippen MR) is 50.0 cm³/mol. The molecular weight excluding hydrogens is 190 g/mol. The van der Waals surface area contributed by atoms with Crippen molar-refractivity contribution in [2.24, 2.45) is 0 Å². The van der Waals surface area contributed by atoms with E-state index in [9.17, 15) is 4.79 Å². The summed E-state index contributed by atoms with van der Waals surface area (Å²) in [6.45, 7) is 3.24. The third-order valence-electron chi connectivity index (χ3n) is 2.00. The molecular formula is C7H11N3O2S. The van der Waals surface area contributed by atoms with Gasteiger partial charge in [-0.25, -0.2) is 4.79 Å². The van der Waals surface area contributed by atoms with Crippen LogP contribution in [0, 0.1) is 0 Å². The van der Waals surface area contributed by atoms with E-state index in [0.29, 0.717) is 5.13 Å². The van der Waals surface area contributed by atoms with Gasteiger partial charge in [0, 0.05) is 7.05 Å². The Morgan fingerprint density at radius 2 is 2.31 bits per heavy atom. The van der Waals surface area contributed by atoms with E-state index in [4.69, 9.17) is 5.11 Å². The van der Waals surface area contributed by atoms with Gasteiger partial charge in [-0.15, -0.1) is 10.2 Å². The second-order valence-corrected chi connectivity index (χ2v) is 3.96. The molecule has 72 valence electrons. The first-order valence-corrected chi connectivity index (χ1v) is 4.57. The molecule has 0 radical (unpaired) electrons. The van der Waals surface area contributed by atoms with E-state index in [2.05, 4.69) is 10.2 Å². The largest absolute Gasteiger partial charge is 0.480 e. The van der Waals surface area contributed by atoms with Gasteiger partial charge in [-0.2, -0.15) is 0 Å². The molecule has 0 fully saturated rings. The fourth-order valence-electron chi connectivity index (χ4n) is 0.696. The van der Waals surface area contributed by atoms with Crippen LogP contribution in [-0.4, -0.2) is 33.9 Å². The Balaban J connectivity index is 2.90. The lowest BCUT2D eigenvalue weighted by molar-refractivity contribution is -0.142. The van der Waals surface area contributed by atoms with Crippen molar-refractivity contribution in [2.75, 3.05) is 11.9 Å². The average molecular weight is 201 g/mol. The van der Waals surface area contributed by atoms with Crippen molar-refractivity contribution in [3.05, 3.63) is 5.51 Å². The monoisotopic (exact) mass is 201 g/mol. The lowest BCUT2D eigenvalue weighted by atomic mass is 10.1. The Hall–Kier alpha value is -1.17. The summed E-state index contributed by atoms with van der Waals surface area (Å²) in [4.78, 5) is 12.5. The van der Waals surface area contributed by atoms with Crippen LogP contribution in [0.1, 0.15) is 13.8 Å². The Kier molecular flexibility index (Phi) is 2.51. The molecule has 1 heterocycles. The van der Waals surface area contributed by atoms with E-state index in [0.717, 1.165) is 0 Å². The minimum atomic E-state index is -0.959. The van der Waals surface area contributed by atoms with E-state index in [1.807, 2.05) is 0 Å². The number of carboxylic acids is 1. The molecule has 0 unspecified atom stereocenters. The number of hydrogen-bond donors (Lipinski definition) is 1. The summed E-state index contributed by atoms with van der Waals surface area (Å²) in [6, 6.07) is 0. The van der Waals surface area contributed by atoms with Crippen LogP contribution in [0.3, 0.4) is 0 Å². The molecule has 13 heavy (non-hydrogen) atoms. The molecule has 0 amide bonds. The maximum atomic E-state index is 10.9. The maximum absolute atomic E-state index is 10.9. The van der Waals surface area contributed by atoms with Gasteiger partial charge in [0.05, 0.1) is 0 Å². The molecule has 0 bridgehead atoms. The average Bonchev–Trinajstić information content (AvgIpc) is 2.54. The minimum Gasteiger partial charge on any atom is -0.480 e. The summed E-state index contributed by atoms with van der Waals surface area (Å²) >= 11 is 1.32. The van der Waals surface area contributed by atoms with Crippen molar-refractivity contribution in [3.63, 3.8) is 0 Å². The molecule has 0 spiro atoms. The second-order valence-electron chi connectivity index (χ2n) is 3.14. The van der Waals surface area contributed by atoms with Crippen molar-refractivity contribution in [1.29, 1.82) is 0 Å². The zero-order valence-electron chi connectivity index (χ0n) is 7.68. The fourth-order valence-corrected chi connectivity index (χ4v) is 1.37. The van der Waals surface area contributed by atoms with Crippen molar-refractivity contribution in [1.82, 2.24) is 10.2 Å². The van der Waals surface area contributed by atoms with E-state index in [1.54, 1.807) is 31.3 Å². The third kappa shape index (κ3) is 1.77. The molecule has 5 nitrogen and oxygen atoms in total. The molecule has 0 aromatic carbocycles. The van der Waals surface area contributed by atoms with Gasteiger partial charge in [-0.3, -0.25) is 0 Å². The van der Waals surface area contributed by atoms with Gasteiger partial charge in [-0.05, 0) is 13.8 Å². The molecule has 0 saturated heterocycles. The third-order valence-corrected chi connectivity index (χ3v) is 2.76. The molecule has 1 rings (SSSR count). The number of carboxylic acid groups (broad SMARTS) is 1. The smallest absolute Gasteiger partial charge is 0.329 e. The number of carbonyl (C=O) groups is 1. The highest BCUT2D eigenvalue weighted by atomic mass is 32.1. The highest BCUT2D eigenvalue weighted by Gasteiger charge is 2.33. The van der Waals surface area contributed by atoms with Crippen LogP contribution in [0.15, 0.2) is 5.51 Å². The van der Waals surface area contributed by atoms with E-state index < -0.39 is 11.5 Å². The van der Waals surface area contributed by atoms with E-state index in [1.165, 1.54) is 11.3 Å². The second kappa shape index (κ2) is 3.29. The van der Waals surface area contributed by atoms with Crippen LogP contribution < -0.4 is 4.90 Å². The Morgan fingerprint density at radius 1 is 1.69 bits per heavy atom. The van der Waals surface area contributed by atoms with Crippen molar-refractivity contribution in [2.45, 2.75) is 19.4 Å². The van der Waals surface area contributed by atoms with Crippen molar-refractivity contribution >= 4 is 22.4 Å². The number of likely N-dealkylation sites (N-methyl/N-ethyl adjacent to an activating group) is 1. The van der Waals surface area contributed by atoms with Crippen LogP contribution in [0.25, 0.3) is 0 Å². The normalized spacial score (nSPS) is 11.3. The summed E-state index contributed by atoms with van der Waals surface area (Å²) < 4.78 is 0. The molecule has 0 atom stereocenters.